The third-order valence-corrected chi connectivity index (χ3v) is 3.30. The second-order valence-electron chi connectivity index (χ2n) is 6.33. The van der Waals surface area contributed by atoms with Crippen molar-refractivity contribution in [3.8, 4) is 5.75 Å². The molecule has 2 heterocycles. The first kappa shape index (κ1) is 16.3. The minimum atomic E-state index is -0.495. The Kier molecular flexibility index (Phi) is 5.00. The Morgan fingerprint density at radius 3 is 2.82 bits per heavy atom. The van der Waals surface area contributed by atoms with E-state index in [2.05, 4.69) is 4.98 Å². The van der Waals surface area contributed by atoms with E-state index in [0.717, 1.165) is 18.3 Å². The van der Waals surface area contributed by atoms with Crippen LogP contribution < -0.4 is 4.74 Å². The summed E-state index contributed by atoms with van der Waals surface area (Å²) in [5, 5.41) is 0. The Balaban J connectivity index is 1.85. The molecule has 1 amide bonds. The van der Waals surface area contributed by atoms with Gasteiger partial charge in [0.05, 0.1) is 12.2 Å². The van der Waals surface area contributed by atoms with Gasteiger partial charge in [0.25, 0.3) is 0 Å². The van der Waals surface area contributed by atoms with Gasteiger partial charge in [-0.15, -0.1) is 0 Å². The van der Waals surface area contributed by atoms with Crippen molar-refractivity contribution < 1.29 is 19.1 Å². The lowest BCUT2D eigenvalue weighted by Crippen LogP contribution is -2.55. The summed E-state index contributed by atoms with van der Waals surface area (Å²) < 4.78 is 11.0. The fraction of sp³-hybridized carbons (Fsp3) is 0.562. The number of amides is 1. The first-order valence-corrected chi connectivity index (χ1v) is 7.39. The van der Waals surface area contributed by atoms with Gasteiger partial charge in [0, 0.05) is 19.2 Å². The number of nitrogens with zero attached hydrogens (tertiary/aromatic N) is 2. The van der Waals surface area contributed by atoms with E-state index in [1.807, 2.05) is 20.8 Å². The molecule has 1 unspecified atom stereocenters. The number of aromatic nitrogens is 1. The molecule has 1 aromatic rings. The first-order valence-electron chi connectivity index (χ1n) is 7.39. The number of hydrogen-bond donors (Lipinski definition) is 0. The highest BCUT2D eigenvalue weighted by atomic mass is 16.6. The van der Waals surface area contributed by atoms with Gasteiger partial charge >= 0.3 is 6.09 Å². The summed E-state index contributed by atoms with van der Waals surface area (Å²) in [6.07, 6.45) is 4.97. The largest absolute Gasteiger partial charge is 0.490 e. The van der Waals surface area contributed by atoms with Gasteiger partial charge in [-0.3, -0.25) is 4.98 Å². The van der Waals surface area contributed by atoms with Crippen LogP contribution in [0.1, 0.15) is 32.8 Å². The summed E-state index contributed by atoms with van der Waals surface area (Å²) in [6, 6.07) is 1.81. The van der Waals surface area contributed by atoms with Gasteiger partial charge < -0.3 is 19.2 Å². The molecular formula is C16H22N2O4. The molecule has 1 atom stereocenters. The minimum Gasteiger partial charge on any atom is -0.490 e. The zero-order valence-corrected chi connectivity index (χ0v) is 13.2. The van der Waals surface area contributed by atoms with E-state index in [4.69, 9.17) is 9.47 Å². The summed E-state index contributed by atoms with van der Waals surface area (Å²) in [7, 11) is 0. The molecule has 0 saturated carbocycles. The Labute approximate surface area is 130 Å². The summed E-state index contributed by atoms with van der Waals surface area (Å²) in [5.41, 5.74) is 0.315. The van der Waals surface area contributed by atoms with E-state index in [-0.39, 0.29) is 12.1 Å². The van der Waals surface area contributed by atoms with Crippen molar-refractivity contribution in [1.29, 1.82) is 0 Å². The van der Waals surface area contributed by atoms with Crippen LogP contribution in [0.15, 0.2) is 18.5 Å². The number of hydrogen-bond acceptors (Lipinski definition) is 5. The normalized spacial score (nSPS) is 17.6. The monoisotopic (exact) mass is 306 g/mol. The Hall–Kier alpha value is -2.11. The molecule has 0 bridgehead atoms. The lowest BCUT2D eigenvalue weighted by Gasteiger charge is -2.40. The van der Waals surface area contributed by atoms with Gasteiger partial charge in [-0.2, -0.15) is 0 Å². The van der Waals surface area contributed by atoms with E-state index < -0.39 is 5.60 Å². The molecule has 1 aromatic heterocycles. The summed E-state index contributed by atoms with van der Waals surface area (Å²) >= 11 is 0. The maximum Gasteiger partial charge on any atom is 0.410 e. The molecule has 1 aliphatic rings. The molecule has 0 aromatic carbocycles. The zero-order valence-electron chi connectivity index (χ0n) is 13.2. The average molecular weight is 306 g/mol. The van der Waals surface area contributed by atoms with Crippen molar-refractivity contribution in [2.24, 2.45) is 0 Å². The molecule has 1 aliphatic heterocycles. The van der Waals surface area contributed by atoms with Gasteiger partial charge in [0.15, 0.2) is 0 Å². The molecule has 0 radical (unpaired) electrons. The maximum atomic E-state index is 12.0. The second kappa shape index (κ2) is 6.77. The highest BCUT2D eigenvalue weighted by molar-refractivity contribution is 5.69. The van der Waals surface area contributed by atoms with Crippen LogP contribution >= 0.6 is 0 Å². The lowest BCUT2D eigenvalue weighted by atomic mass is 10.1. The highest BCUT2D eigenvalue weighted by Crippen LogP contribution is 2.22. The third-order valence-electron chi connectivity index (χ3n) is 3.30. The highest BCUT2D eigenvalue weighted by Gasteiger charge is 2.35. The molecule has 0 spiro atoms. The van der Waals surface area contributed by atoms with Crippen molar-refractivity contribution in [1.82, 2.24) is 9.88 Å². The first-order chi connectivity index (χ1) is 10.4. The molecule has 22 heavy (non-hydrogen) atoms. The van der Waals surface area contributed by atoms with Crippen LogP contribution in [-0.2, 0) is 16.0 Å². The van der Waals surface area contributed by atoms with Crippen LogP contribution in [0.3, 0.4) is 0 Å². The van der Waals surface area contributed by atoms with Crippen LogP contribution in [0.5, 0.6) is 5.75 Å². The van der Waals surface area contributed by atoms with E-state index in [1.165, 1.54) is 0 Å². The minimum absolute atomic E-state index is 0.0181. The Bertz CT molecular complexity index is 539. The van der Waals surface area contributed by atoms with E-state index in [9.17, 15) is 9.59 Å². The zero-order chi connectivity index (χ0) is 16.2. The summed E-state index contributed by atoms with van der Waals surface area (Å²) in [5.74, 6) is 0.607. The fourth-order valence-electron chi connectivity index (χ4n) is 2.12. The van der Waals surface area contributed by atoms with Gasteiger partial charge in [-0.25, -0.2) is 4.79 Å². The van der Waals surface area contributed by atoms with Crippen LogP contribution in [0.4, 0.5) is 4.79 Å². The molecule has 6 heteroatoms. The standard InChI is InChI=1S/C16H22N2O4/c1-16(2,3)22-15(20)18-6-4-13(18)11-21-14-8-12(5-7-19)9-17-10-14/h7-10,13H,4-6,11H2,1-3H3. The van der Waals surface area contributed by atoms with E-state index in [0.29, 0.717) is 25.3 Å². The van der Waals surface area contributed by atoms with Crippen LogP contribution in [0.25, 0.3) is 0 Å². The number of likely N-dealkylation sites (tertiary alicyclic amines) is 1. The van der Waals surface area contributed by atoms with Crippen LogP contribution in [-0.4, -0.2) is 47.1 Å². The number of carbonyl (C=O) groups excluding carboxylic acids is 2. The van der Waals surface area contributed by atoms with Crippen molar-refractivity contribution in [3.63, 3.8) is 0 Å². The number of rotatable bonds is 5. The number of pyridine rings is 1. The Morgan fingerprint density at radius 2 is 2.23 bits per heavy atom. The quantitative estimate of drug-likeness (QED) is 0.780. The van der Waals surface area contributed by atoms with Gasteiger partial charge in [0.2, 0.25) is 0 Å². The third kappa shape index (κ3) is 4.44. The number of carbonyl (C=O) groups is 2. The topological polar surface area (TPSA) is 68.7 Å². The molecule has 0 aliphatic carbocycles. The van der Waals surface area contributed by atoms with Crippen molar-refractivity contribution >= 4 is 12.4 Å². The average Bonchev–Trinajstić information content (AvgIpc) is 2.36. The maximum absolute atomic E-state index is 12.0. The van der Waals surface area contributed by atoms with Crippen molar-refractivity contribution in [2.45, 2.75) is 45.3 Å². The van der Waals surface area contributed by atoms with E-state index >= 15 is 0 Å². The second-order valence-corrected chi connectivity index (χ2v) is 6.33. The predicted octanol–water partition coefficient (Wildman–Crippen LogP) is 2.21. The molecule has 1 saturated heterocycles. The molecular weight excluding hydrogens is 284 g/mol. The molecule has 2 rings (SSSR count). The van der Waals surface area contributed by atoms with Crippen molar-refractivity contribution in [2.75, 3.05) is 13.2 Å². The molecule has 1 fully saturated rings. The fourth-order valence-corrected chi connectivity index (χ4v) is 2.12. The lowest BCUT2D eigenvalue weighted by molar-refractivity contribution is -0.107. The van der Waals surface area contributed by atoms with Crippen LogP contribution in [0.2, 0.25) is 0 Å². The van der Waals surface area contributed by atoms with Gasteiger partial charge in [-0.1, -0.05) is 0 Å². The molecule has 0 N–H and O–H groups in total. The molecule has 6 nitrogen and oxygen atoms in total. The van der Waals surface area contributed by atoms with Gasteiger partial charge in [0.1, 0.15) is 24.2 Å². The molecule has 120 valence electrons. The summed E-state index contributed by atoms with van der Waals surface area (Å²) in [4.78, 5) is 28.2. The van der Waals surface area contributed by atoms with E-state index in [1.54, 1.807) is 23.4 Å². The number of aldehydes is 1. The Morgan fingerprint density at radius 1 is 1.45 bits per heavy atom. The number of ether oxygens (including phenoxy) is 2. The predicted molar refractivity (Wildman–Crippen MR) is 80.8 cm³/mol. The van der Waals surface area contributed by atoms with Gasteiger partial charge in [-0.05, 0) is 38.8 Å². The smallest absolute Gasteiger partial charge is 0.410 e. The van der Waals surface area contributed by atoms with Crippen LogP contribution in [0, 0.1) is 0 Å². The SMILES string of the molecule is CC(C)(C)OC(=O)N1CCC1COc1cncc(CC=O)c1. The van der Waals surface area contributed by atoms with Crippen molar-refractivity contribution in [3.05, 3.63) is 24.0 Å². The summed E-state index contributed by atoms with van der Waals surface area (Å²) in [6.45, 7) is 6.62.